The van der Waals surface area contributed by atoms with E-state index >= 15 is 0 Å². The summed E-state index contributed by atoms with van der Waals surface area (Å²) in [6.45, 7) is 1.72. The lowest BCUT2D eigenvalue weighted by Gasteiger charge is -2.13. The number of rotatable bonds is 5. The van der Waals surface area contributed by atoms with Crippen LogP contribution in [-0.4, -0.2) is 19.1 Å². The zero-order valence-electron chi connectivity index (χ0n) is 11.5. The fraction of sp³-hybridized carbons (Fsp3) is 0.188. The molecule has 2 aromatic carbocycles. The Hall–Kier alpha value is -1.78. The highest BCUT2D eigenvalue weighted by atomic mass is 32.2. The van der Waals surface area contributed by atoms with Crippen LogP contribution in [0.1, 0.15) is 6.92 Å². The second-order valence-corrected chi connectivity index (χ2v) is 5.39. The van der Waals surface area contributed by atoms with E-state index < -0.39 is 6.10 Å². The molecule has 0 aromatic heterocycles. The molecule has 2 aromatic rings. The Bertz CT molecular complexity index is 572. The zero-order valence-corrected chi connectivity index (χ0v) is 12.3. The lowest BCUT2D eigenvalue weighted by molar-refractivity contribution is -0.124. The van der Waals surface area contributed by atoms with Gasteiger partial charge in [-0.25, -0.2) is 0 Å². The highest BCUT2D eigenvalue weighted by molar-refractivity contribution is 7.99. The second kappa shape index (κ2) is 7.12. The van der Waals surface area contributed by atoms with Gasteiger partial charge in [0.1, 0.15) is 6.10 Å². The van der Waals surface area contributed by atoms with Gasteiger partial charge in [0.05, 0.1) is 5.69 Å². The van der Waals surface area contributed by atoms with Crippen LogP contribution >= 0.6 is 11.8 Å². The summed E-state index contributed by atoms with van der Waals surface area (Å²) in [7, 11) is 1.52. The Balaban J connectivity index is 2.16. The average Bonchev–Trinajstić information content (AvgIpc) is 2.49. The van der Waals surface area contributed by atoms with Crippen molar-refractivity contribution in [2.45, 2.75) is 22.8 Å². The van der Waals surface area contributed by atoms with Gasteiger partial charge in [-0.2, -0.15) is 0 Å². The third-order valence-electron chi connectivity index (χ3n) is 2.84. The predicted octanol–water partition coefficient (Wildman–Crippen LogP) is 3.81. The van der Waals surface area contributed by atoms with Crippen LogP contribution in [0.3, 0.4) is 0 Å². The molecular weight excluding hydrogens is 270 g/mol. The van der Waals surface area contributed by atoms with E-state index in [1.165, 1.54) is 7.11 Å². The Kier molecular flexibility index (Phi) is 5.21. The van der Waals surface area contributed by atoms with E-state index in [-0.39, 0.29) is 5.91 Å². The van der Waals surface area contributed by atoms with Crippen LogP contribution in [0.5, 0.6) is 0 Å². The minimum atomic E-state index is -0.468. The Morgan fingerprint density at radius 3 is 2.45 bits per heavy atom. The van der Waals surface area contributed by atoms with Crippen molar-refractivity contribution < 1.29 is 9.53 Å². The van der Waals surface area contributed by atoms with Gasteiger partial charge in [-0.05, 0) is 31.2 Å². The highest BCUT2D eigenvalue weighted by Crippen LogP contribution is 2.33. The highest BCUT2D eigenvalue weighted by Gasteiger charge is 2.13. The summed E-state index contributed by atoms with van der Waals surface area (Å²) in [5.74, 6) is -0.145. The number of anilines is 1. The van der Waals surface area contributed by atoms with E-state index in [0.29, 0.717) is 0 Å². The van der Waals surface area contributed by atoms with E-state index in [9.17, 15) is 4.79 Å². The minimum absolute atomic E-state index is 0.145. The number of carbonyl (C=O) groups is 1. The standard InChI is InChI=1S/C16H17NO2S/c1-12(19-2)16(18)17-14-10-6-7-11-15(14)20-13-8-4-3-5-9-13/h3-12H,1-2H3,(H,17,18). The molecule has 1 N–H and O–H groups in total. The molecule has 0 saturated heterocycles. The molecule has 0 heterocycles. The molecule has 1 unspecified atom stereocenters. The number of para-hydroxylation sites is 1. The summed E-state index contributed by atoms with van der Waals surface area (Å²) < 4.78 is 5.02. The summed E-state index contributed by atoms with van der Waals surface area (Å²) in [5.41, 5.74) is 0.801. The molecule has 0 fully saturated rings. The van der Waals surface area contributed by atoms with Crippen LogP contribution in [0, 0.1) is 0 Å². The maximum atomic E-state index is 11.9. The summed E-state index contributed by atoms with van der Waals surface area (Å²) in [5, 5.41) is 2.90. The molecule has 0 aliphatic rings. The molecule has 0 aliphatic carbocycles. The van der Waals surface area contributed by atoms with Crippen molar-refractivity contribution in [3.63, 3.8) is 0 Å². The molecule has 4 heteroatoms. The van der Waals surface area contributed by atoms with Crippen molar-refractivity contribution in [1.82, 2.24) is 0 Å². The van der Waals surface area contributed by atoms with Gasteiger partial charge in [-0.3, -0.25) is 4.79 Å². The third kappa shape index (κ3) is 3.85. The first kappa shape index (κ1) is 14.6. The first-order chi connectivity index (χ1) is 9.70. The van der Waals surface area contributed by atoms with E-state index in [0.717, 1.165) is 15.5 Å². The van der Waals surface area contributed by atoms with Crippen LogP contribution in [0.15, 0.2) is 64.4 Å². The van der Waals surface area contributed by atoms with Gasteiger partial charge >= 0.3 is 0 Å². The number of nitrogens with one attached hydrogen (secondary N) is 1. The fourth-order valence-electron chi connectivity index (χ4n) is 1.62. The van der Waals surface area contributed by atoms with Crippen molar-refractivity contribution in [3.8, 4) is 0 Å². The molecule has 2 rings (SSSR count). The van der Waals surface area contributed by atoms with Gasteiger partial charge in [0, 0.05) is 16.9 Å². The van der Waals surface area contributed by atoms with E-state index in [1.54, 1.807) is 18.7 Å². The summed E-state index contributed by atoms with van der Waals surface area (Å²) in [4.78, 5) is 14.0. The minimum Gasteiger partial charge on any atom is -0.372 e. The van der Waals surface area contributed by atoms with Gasteiger partial charge in [-0.1, -0.05) is 42.1 Å². The van der Waals surface area contributed by atoms with Gasteiger partial charge < -0.3 is 10.1 Å². The predicted molar refractivity (Wildman–Crippen MR) is 82.1 cm³/mol. The maximum Gasteiger partial charge on any atom is 0.253 e. The fourth-order valence-corrected chi connectivity index (χ4v) is 2.54. The third-order valence-corrected chi connectivity index (χ3v) is 3.92. The first-order valence-electron chi connectivity index (χ1n) is 6.36. The molecule has 0 bridgehead atoms. The first-order valence-corrected chi connectivity index (χ1v) is 7.18. The summed E-state index contributed by atoms with van der Waals surface area (Å²) >= 11 is 1.62. The van der Waals surface area contributed by atoms with Crippen LogP contribution < -0.4 is 5.32 Å². The van der Waals surface area contributed by atoms with Gasteiger partial charge in [-0.15, -0.1) is 0 Å². The van der Waals surface area contributed by atoms with E-state index in [2.05, 4.69) is 5.32 Å². The van der Waals surface area contributed by atoms with Crippen LogP contribution in [0.25, 0.3) is 0 Å². The summed E-state index contributed by atoms with van der Waals surface area (Å²) in [6.07, 6.45) is -0.468. The van der Waals surface area contributed by atoms with Crippen molar-refractivity contribution in [3.05, 3.63) is 54.6 Å². The quantitative estimate of drug-likeness (QED) is 0.908. The van der Waals surface area contributed by atoms with Crippen LogP contribution in [0.2, 0.25) is 0 Å². The largest absolute Gasteiger partial charge is 0.372 e. The lowest BCUT2D eigenvalue weighted by atomic mass is 10.3. The maximum absolute atomic E-state index is 11.9. The number of ether oxygens (including phenoxy) is 1. The molecule has 1 atom stereocenters. The van der Waals surface area contributed by atoms with Gasteiger partial charge in [0.25, 0.3) is 5.91 Å². The van der Waals surface area contributed by atoms with Crippen molar-refractivity contribution in [2.75, 3.05) is 12.4 Å². The van der Waals surface area contributed by atoms with Crippen molar-refractivity contribution in [2.24, 2.45) is 0 Å². The second-order valence-electron chi connectivity index (χ2n) is 4.28. The Labute approximate surface area is 123 Å². The smallest absolute Gasteiger partial charge is 0.253 e. The normalized spacial score (nSPS) is 11.9. The Morgan fingerprint density at radius 2 is 1.75 bits per heavy atom. The van der Waals surface area contributed by atoms with Gasteiger partial charge in [0.2, 0.25) is 0 Å². The molecule has 104 valence electrons. The number of hydrogen-bond acceptors (Lipinski definition) is 3. The number of methoxy groups -OCH3 is 1. The topological polar surface area (TPSA) is 38.3 Å². The molecule has 20 heavy (non-hydrogen) atoms. The lowest BCUT2D eigenvalue weighted by Crippen LogP contribution is -2.26. The number of hydrogen-bond donors (Lipinski definition) is 1. The van der Waals surface area contributed by atoms with Crippen molar-refractivity contribution in [1.29, 1.82) is 0 Å². The molecule has 1 amide bonds. The molecule has 0 spiro atoms. The number of benzene rings is 2. The molecule has 0 aliphatic heterocycles. The summed E-state index contributed by atoms with van der Waals surface area (Å²) in [6, 6.07) is 17.8. The zero-order chi connectivity index (χ0) is 14.4. The van der Waals surface area contributed by atoms with Gasteiger partial charge in [0.15, 0.2) is 0 Å². The Morgan fingerprint density at radius 1 is 1.10 bits per heavy atom. The monoisotopic (exact) mass is 287 g/mol. The van der Waals surface area contributed by atoms with E-state index in [4.69, 9.17) is 4.74 Å². The van der Waals surface area contributed by atoms with Crippen molar-refractivity contribution >= 4 is 23.4 Å². The molecule has 0 saturated carbocycles. The van der Waals surface area contributed by atoms with Crippen LogP contribution in [-0.2, 0) is 9.53 Å². The average molecular weight is 287 g/mol. The van der Waals surface area contributed by atoms with E-state index in [1.807, 2.05) is 54.6 Å². The SMILES string of the molecule is COC(C)C(=O)Nc1ccccc1Sc1ccccc1. The van der Waals surface area contributed by atoms with Crippen LogP contribution in [0.4, 0.5) is 5.69 Å². The number of carbonyl (C=O) groups excluding carboxylic acids is 1. The molecule has 0 radical (unpaired) electrons. The molecule has 3 nitrogen and oxygen atoms in total. The molecular formula is C16H17NO2S. The number of amides is 1.